The number of rotatable bonds is 3. The Bertz CT molecular complexity index is 728. The van der Waals surface area contributed by atoms with Gasteiger partial charge in [-0.1, -0.05) is 11.6 Å². The summed E-state index contributed by atoms with van der Waals surface area (Å²) in [5.74, 6) is -0.465. The van der Waals surface area contributed by atoms with Crippen molar-refractivity contribution in [2.24, 2.45) is 5.14 Å². The van der Waals surface area contributed by atoms with Crippen LogP contribution in [0.15, 0.2) is 47.5 Å². The van der Waals surface area contributed by atoms with E-state index >= 15 is 0 Å². The SMILES string of the molecule is NS(=O)(=O)c1ccc(C(=O)Nc2ccc(Cl)cc2)nc1. The van der Waals surface area contributed by atoms with Crippen LogP contribution in [0, 0.1) is 0 Å². The maximum Gasteiger partial charge on any atom is 0.274 e. The monoisotopic (exact) mass is 311 g/mol. The molecule has 0 fully saturated rings. The van der Waals surface area contributed by atoms with Crippen molar-refractivity contribution in [1.29, 1.82) is 0 Å². The van der Waals surface area contributed by atoms with Gasteiger partial charge in [-0.3, -0.25) is 4.79 Å². The maximum absolute atomic E-state index is 11.9. The third-order valence-corrected chi connectivity index (χ3v) is 3.55. The van der Waals surface area contributed by atoms with E-state index in [1.54, 1.807) is 24.3 Å². The number of sulfonamides is 1. The summed E-state index contributed by atoms with van der Waals surface area (Å²) in [5.41, 5.74) is 0.629. The number of carbonyl (C=O) groups is 1. The second-order valence-electron chi connectivity index (χ2n) is 3.89. The van der Waals surface area contributed by atoms with E-state index in [0.717, 1.165) is 6.20 Å². The molecular formula is C12H10ClN3O3S. The highest BCUT2D eigenvalue weighted by atomic mass is 35.5. The summed E-state index contributed by atoms with van der Waals surface area (Å²) in [6.07, 6.45) is 1.03. The molecule has 1 amide bonds. The van der Waals surface area contributed by atoms with E-state index in [0.29, 0.717) is 10.7 Å². The maximum atomic E-state index is 11.9. The highest BCUT2D eigenvalue weighted by Crippen LogP contribution is 2.14. The van der Waals surface area contributed by atoms with Crippen molar-refractivity contribution in [3.05, 3.63) is 53.3 Å². The van der Waals surface area contributed by atoms with E-state index in [4.69, 9.17) is 16.7 Å². The Morgan fingerprint density at radius 2 is 1.80 bits per heavy atom. The molecule has 104 valence electrons. The number of pyridine rings is 1. The number of halogens is 1. The van der Waals surface area contributed by atoms with Crippen LogP contribution in [0.25, 0.3) is 0 Å². The zero-order chi connectivity index (χ0) is 14.8. The number of carbonyl (C=O) groups excluding carboxylic acids is 1. The van der Waals surface area contributed by atoms with Crippen LogP contribution in [0.2, 0.25) is 5.02 Å². The lowest BCUT2D eigenvalue weighted by molar-refractivity contribution is 0.102. The van der Waals surface area contributed by atoms with E-state index < -0.39 is 15.9 Å². The molecule has 0 saturated carbocycles. The number of hydrogen-bond donors (Lipinski definition) is 2. The molecule has 1 heterocycles. The van der Waals surface area contributed by atoms with Crippen molar-refractivity contribution in [2.45, 2.75) is 4.90 Å². The largest absolute Gasteiger partial charge is 0.321 e. The topological polar surface area (TPSA) is 102 Å². The number of nitrogens with one attached hydrogen (secondary N) is 1. The molecule has 2 rings (SSSR count). The van der Waals surface area contributed by atoms with Gasteiger partial charge in [-0.25, -0.2) is 18.5 Å². The predicted molar refractivity (Wildman–Crippen MR) is 75.0 cm³/mol. The fourth-order valence-corrected chi connectivity index (χ4v) is 1.99. The molecule has 0 aliphatic carbocycles. The summed E-state index contributed by atoms with van der Waals surface area (Å²) in [6, 6.07) is 9.05. The molecule has 0 spiro atoms. The molecule has 2 aromatic rings. The van der Waals surface area contributed by atoms with Gasteiger partial charge in [-0.2, -0.15) is 0 Å². The Kier molecular flexibility index (Phi) is 4.03. The number of amides is 1. The standard InChI is InChI=1S/C12H10ClN3O3S/c13-8-1-3-9(4-2-8)16-12(17)11-6-5-10(7-15-11)20(14,18)19/h1-7H,(H,16,17)(H2,14,18,19). The van der Waals surface area contributed by atoms with Gasteiger partial charge in [0.05, 0.1) is 0 Å². The minimum Gasteiger partial charge on any atom is -0.321 e. The van der Waals surface area contributed by atoms with E-state index in [2.05, 4.69) is 10.3 Å². The van der Waals surface area contributed by atoms with Gasteiger partial charge in [0.25, 0.3) is 5.91 Å². The van der Waals surface area contributed by atoms with Crippen LogP contribution in [0.5, 0.6) is 0 Å². The first-order valence-electron chi connectivity index (χ1n) is 5.42. The first kappa shape index (κ1) is 14.4. The molecule has 0 aliphatic heterocycles. The number of benzene rings is 1. The van der Waals surface area contributed by atoms with Gasteiger partial charge < -0.3 is 5.32 Å². The summed E-state index contributed by atoms with van der Waals surface area (Å²) in [5, 5.41) is 8.10. The number of aromatic nitrogens is 1. The van der Waals surface area contributed by atoms with Crippen LogP contribution in [-0.2, 0) is 10.0 Å². The van der Waals surface area contributed by atoms with E-state index in [9.17, 15) is 13.2 Å². The van der Waals surface area contributed by atoms with Crippen LogP contribution >= 0.6 is 11.6 Å². The smallest absolute Gasteiger partial charge is 0.274 e. The summed E-state index contributed by atoms with van der Waals surface area (Å²) in [7, 11) is -3.82. The van der Waals surface area contributed by atoms with Crippen LogP contribution in [0.1, 0.15) is 10.5 Å². The molecule has 3 N–H and O–H groups in total. The molecule has 0 atom stereocenters. The lowest BCUT2D eigenvalue weighted by atomic mass is 10.3. The van der Waals surface area contributed by atoms with E-state index in [1.165, 1.54) is 12.1 Å². The van der Waals surface area contributed by atoms with Crippen LogP contribution in [0.3, 0.4) is 0 Å². The molecule has 1 aromatic heterocycles. The fourth-order valence-electron chi connectivity index (χ4n) is 1.41. The van der Waals surface area contributed by atoms with Crippen LogP contribution in [0.4, 0.5) is 5.69 Å². The number of primary sulfonamides is 1. The molecule has 20 heavy (non-hydrogen) atoms. The summed E-state index contributed by atoms with van der Waals surface area (Å²) in [4.78, 5) is 15.5. The average Bonchev–Trinajstić information content (AvgIpc) is 2.40. The van der Waals surface area contributed by atoms with E-state index in [1.807, 2.05) is 0 Å². The number of hydrogen-bond acceptors (Lipinski definition) is 4. The average molecular weight is 312 g/mol. The predicted octanol–water partition coefficient (Wildman–Crippen LogP) is 1.63. The Balaban J connectivity index is 2.15. The van der Waals surface area contributed by atoms with Crippen LogP contribution in [-0.4, -0.2) is 19.3 Å². The second kappa shape index (κ2) is 5.58. The second-order valence-corrected chi connectivity index (χ2v) is 5.88. The van der Waals surface area contributed by atoms with Crippen molar-refractivity contribution in [3.8, 4) is 0 Å². The first-order chi connectivity index (χ1) is 9.36. The summed E-state index contributed by atoms with van der Waals surface area (Å²) < 4.78 is 22.1. The quantitative estimate of drug-likeness (QED) is 0.899. The zero-order valence-electron chi connectivity index (χ0n) is 10.1. The fraction of sp³-hybridized carbons (Fsp3) is 0. The Morgan fingerprint density at radius 1 is 1.15 bits per heavy atom. The molecule has 0 saturated heterocycles. The zero-order valence-corrected chi connectivity index (χ0v) is 11.6. The van der Waals surface area contributed by atoms with Crippen molar-refractivity contribution in [1.82, 2.24) is 4.98 Å². The minimum atomic E-state index is -3.82. The molecule has 8 heteroatoms. The normalized spacial score (nSPS) is 11.1. The first-order valence-corrected chi connectivity index (χ1v) is 7.34. The molecule has 6 nitrogen and oxygen atoms in total. The minimum absolute atomic E-state index is 0.0763. The Hall–Kier alpha value is -1.96. The highest BCUT2D eigenvalue weighted by Gasteiger charge is 2.11. The van der Waals surface area contributed by atoms with Gasteiger partial charge in [-0.05, 0) is 36.4 Å². The van der Waals surface area contributed by atoms with Gasteiger partial charge >= 0.3 is 0 Å². The lowest BCUT2D eigenvalue weighted by Crippen LogP contribution is -2.16. The van der Waals surface area contributed by atoms with Gasteiger partial charge in [0.1, 0.15) is 10.6 Å². The molecule has 0 radical (unpaired) electrons. The van der Waals surface area contributed by atoms with E-state index in [-0.39, 0.29) is 10.6 Å². The summed E-state index contributed by atoms with van der Waals surface area (Å²) in [6.45, 7) is 0. The van der Waals surface area contributed by atoms with Crippen molar-refractivity contribution in [2.75, 3.05) is 5.32 Å². The van der Waals surface area contributed by atoms with Crippen molar-refractivity contribution < 1.29 is 13.2 Å². The van der Waals surface area contributed by atoms with Crippen LogP contribution < -0.4 is 10.5 Å². The third kappa shape index (κ3) is 3.53. The van der Waals surface area contributed by atoms with Crippen molar-refractivity contribution >= 4 is 33.2 Å². The van der Waals surface area contributed by atoms with Gasteiger partial charge in [0.15, 0.2) is 0 Å². The number of nitrogens with two attached hydrogens (primary N) is 1. The van der Waals surface area contributed by atoms with Crippen molar-refractivity contribution in [3.63, 3.8) is 0 Å². The molecule has 0 bridgehead atoms. The third-order valence-electron chi connectivity index (χ3n) is 2.40. The number of nitrogens with zero attached hydrogens (tertiary/aromatic N) is 1. The van der Waals surface area contributed by atoms with Gasteiger partial charge in [0.2, 0.25) is 10.0 Å². The summed E-state index contributed by atoms with van der Waals surface area (Å²) >= 11 is 5.73. The molecule has 0 unspecified atom stereocenters. The highest BCUT2D eigenvalue weighted by molar-refractivity contribution is 7.89. The molecular weight excluding hydrogens is 302 g/mol. The van der Waals surface area contributed by atoms with Gasteiger partial charge in [-0.15, -0.1) is 0 Å². The Morgan fingerprint density at radius 3 is 2.30 bits per heavy atom. The lowest BCUT2D eigenvalue weighted by Gasteiger charge is -2.05. The molecule has 1 aromatic carbocycles. The number of anilines is 1. The van der Waals surface area contributed by atoms with Gasteiger partial charge in [0, 0.05) is 16.9 Å². The Labute approximate surface area is 120 Å². The molecule has 0 aliphatic rings.